The van der Waals surface area contributed by atoms with Crippen molar-refractivity contribution in [3.05, 3.63) is 60.3 Å². The molecule has 1 fully saturated rings. The highest BCUT2D eigenvalue weighted by atomic mass is 32.2. The van der Waals surface area contributed by atoms with Crippen LogP contribution in [0.2, 0.25) is 0 Å². The second-order valence-electron chi connectivity index (χ2n) is 10.3. The van der Waals surface area contributed by atoms with E-state index in [0.717, 1.165) is 17.6 Å². The fourth-order valence-electron chi connectivity index (χ4n) is 3.84. The zero-order valence-corrected chi connectivity index (χ0v) is 24.2. The van der Waals surface area contributed by atoms with Gasteiger partial charge in [0.1, 0.15) is 9.96 Å². The van der Waals surface area contributed by atoms with Gasteiger partial charge in [0.2, 0.25) is 9.84 Å². The van der Waals surface area contributed by atoms with Gasteiger partial charge in [0.25, 0.3) is 5.91 Å². The fourth-order valence-corrected chi connectivity index (χ4v) is 7.07. The number of carbonyl (C=O) groups excluding carboxylic acids is 1. The number of nitrogens with zero attached hydrogens (tertiary/aromatic N) is 3. The van der Waals surface area contributed by atoms with Crippen LogP contribution in [-0.2, 0) is 19.7 Å². The smallest absolute Gasteiger partial charge is 0.257 e. The van der Waals surface area contributed by atoms with E-state index >= 15 is 0 Å². The van der Waals surface area contributed by atoms with Crippen LogP contribution in [0.15, 0.2) is 68.7 Å². The molecule has 38 heavy (non-hydrogen) atoms. The summed E-state index contributed by atoms with van der Waals surface area (Å²) in [5.74, 6) is 0.0287. The molecule has 1 saturated heterocycles. The Morgan fingerprint density at radius 2 is 1.63 bits per heavy atom. The average Bonchev–Trinajstić information content (AvgIpc) is 3.38. The van der Waals surface area contributed by atoms with Gasteiger partial charge in [-0.25, -0.2) is 21.8 Å². The molecule has 1 aliphatic rings. The van der Waals surface area contributed by atoms with Gasteiger partial charge in [-0.15, -0.1) is 0 Å². The summed E-state index contributed by atoms with van der Waals surface area (Å²) in [6.07, 6.45) is 2.47. The van der Waals surface area contributed by atoms with E-state index in [4.69, 9.17) is 4.74 Å². The Hall–Kier alpha value is -2.96. The molecule has 204 valence electrons. The third kappa shape index (κ3) is 6.36. The summed E-state index contributed by atoms with van der Waals surface area (Å²) in [5.41, 5.74) is 0.0539. The van der Waals surface area contributed by atoms with Gasteiger partial charge in [-0.2, -0.15) is 0 Å². The van der Waals surface area contributed by atoms with E-state index in [2.05, 4.69) is 4.98 Å². The first-order valence-electron chi connectivity index (χ1n) is 12.0. The van der Waals surface area contributed by atoms with E-state index in [1.807, 2.05) is 25.7 Å². The maximum absolute atomic E-state index is 13.5. The van der Waals surface area contributed by atoms with Crippen molar-refractivity contribution in [1.82, 2.24) is 9.88 Å². The van der Waals surface area contributed by atoms with E-state index < -0.39 is 19.7 Å². The lowest BCUT2D eigenvalue weighted by Gasteiger charge is -2.35. The zero-order valence-electron chi connectivity index (χ0n) is 21.7. The minimum absolute atomic E-state index is 0.0533. The summed E-state index contributed by atoms with van der Waals surface area (Å²) in [4.78, 5) is 21.7. The fraction of sp³-hybridized carbons (Fsp3) is 0.385. The first kappa shape index (κ1) is 28.1. The Morgan fingerprint density at radius 1 is 0.974 bits per heavy atom. The molecule has 3 aromatic rings. The Labute approximate surface area is 227 Å². The van der Waals surface area contributed by atoms with Crippen LogP contribution in [0.3, 0.4) is 0 Å². The lowest BCUT2D eigenvalue weighted by molar-refractivity contribution is 0.0739. The van der Waals surface area contributed by atoms with Crippen molar-refractivity contribution in [3.63, 3.8) is 0 Å². The highest BCUT2D eigenvalue weighted by molar-refractivity contribution is 7.93. The maximum Gasteiger partial charge on any atom is 0.257 e. The van der Waals surface area contributed by atoms with E-state index in [9.17, 15) is 21.6 Å². The minimum Gasteiger partial charge on any atom is -0.492 e. The highest BCUT2D eigenvalue weighted by Crippen LogP contribution is 2.32. The minimum atomic E-state index is -3.65. The molecule has 0 unspecified atom stereocenters. The predicted octanol–water partition coefficient (Wildman–Crippen LogP) is 3.77. The van der Waals surface area contributed by atoms with Crippen molar-refractivity contribution < 1.29 is 26.4 Å². The molecule has 0 saturated carbocycles. The standard InChI is InChI=1S/C26H31N3O6S3/c1-26(2,3)18-35-22-11-10-20(37(4,31)32)16-21(22)24(30)28-12-14-29(15-13-28)25-27-17-23(36-25)38(33,34)19-8-6-5-7-9-19/h5-11,16-17H,12-15,18H2,1-4H3. The summed E-state index contributed by atoms with van der Waals surface area (Å²) in [7, 11) is -7.17. The number of sulfone groups is 2. The Balaban J connectivity index is 1.50. The first-order chi connectivity index (χ1) is 17.8. The lowest BCUT2D eigenvalue weighted by atomic mass is 9.98. The number of amides is 1. The van der Waals surface area contributed by atoms with Gasteiger partial charge in [0.05, 0.1) is 28.2 Å². The number of rotatable bonds is 7. The van der Waals surface area contributed by atoms with E-state index in [1.165, 1.54) is 24.4 Å². The van der Waals surface area contributed by atoms with Crippen LogP contribution in [0.1, 0.15) is 31.1 Å². The molecule has 0 bridgehead atoms. The number of thiazole rings is 1. The van der Waals surface area contributed by atoms with Crippen LogP contribution in [0.4, 0.5) is 5.13 Å². The zero-order chi connectivity index (χ0) is 27.7. The molecular formula is C26H31N3O6S3. The van der Waals surface area contributed by atoms with Gasteiger partial charge in [0.15, 0.2) is 15.0 Å². The van der Waals surface area contributed by atoms with Crippen LogP contribution < -0.4 is 9.64 Å². The van der Waals surface area contributed by atoms with Gasteiger partial charge in [-0.3, -0.25) is 4.79 Å². The summed E-state index contributed by atoms with van der Waals surface area (Å²) >= 11 is 1.10. The summed E-state index contributed by atoms with van der Waals surface area (Å²) in [6.45, 7) is 8.01. The third-order valence-electron chi connectivity index (χ3n) is 5.90. The van der Waals surface area contributed by atoms with E-state index in [-0.39, 0.29) is 30.9 Å². The maximum atomic E-state index is 13.5. The summed E-state index contributed by atoms with van der Waals surface area (Å²) in [6, 6.07) is 12.6. The molecule has 12 heteroatoms. The van der Waals surface area contributed by atoms with Gasteiger partial charge in [0, 0.05) is 32.4 Å². The molecule has 0 radical (unpaired) electrons. The van der Waals surface area contributed by atoms with Crippen molar-refractivity contribution in [2.45, 2.75) is 34.8 Å². The van der Waals surface area contributed by atoms with Crippen molar-refractivity contribution >= 4 is 42.1 Å². The molecule has 1 aliphatic heterocycles. The van der Waals surface area contributed by atoms with Crippen LogP contribution in [0, 0.1) is 5.41 Å². The highest BCUT2D eigenvalue weighted by Gasteiger charge is 2.29. The van der Waals surface area contributed by atoms with Crippen LogP contribution >= 0.6 is 11.3 Å². The number of aromatic nitrogens is 1. The first-order valence-corrected chi connectivity index (χ1v) is 16.2. The van der Waals surface area contributed by atoms with Crippen molar-refractivity contribution in [1.29, 1.82) is 0 Å². The van der Waals surface area contributed by atoms with Gasteiger partial charge < -0.3 is 14.5 Å². The molecule has 2 heterocycles. The summed E-state index contributed by atoms with van der Waals surface area (Å²) in [5, 5.41) is 0.569. The molecule has 0 atom stereocenters. The number of hydrogen-bond acceptors (Lipinski definition) is 9. The number of carbonyl (C=O) groups is 1. The van der Waals surface area contributed by atoms with Gasteiger partial charge in [-0.1, -0.05) is 50.3 Å². The SMILES string of the molecule is CC(C)(C)COc1ccc(S(C)(=O)=O)cc1C(=O)N1CCN(c2ncc(S(=O)(=O)c3ccccc3)s2)CC1. The molecule has 0 aliphatic carbocycles. The largest absolute Gasteiger partial charge is 0.492 e. The molecule has 2 aromatic carbocycles. The molecular weight excluding hydrogens is 547 g/mol. The van der Waals surface area contributed by atoms with E-state index in [1.54, 1.807) is 35.2 Å². The number of hydrogen-bond donors (Lipinski definition) is 0. The second-order valence-corrected chi connectivity index (χ2v) is 15.5. The Morgan fingerprint density at radius 3 is 2.24 bits per heavy atom. The van der Waals surface area contributed by atoms with Crippen molar-refractivity contribution in [3.8, 4) is 5.75 Å². The normalized spacial score (nSPS) is 14.9. The van der Waals surface area contributed by atoms with Crippen molar-refractivity contribution in [2.24, 2.45) is 5.41 Å². The number of benzene rings is 2. The lowest BCUT2D eigenvalue weighted by Crippen LogP contribution is -2.48. The number of anilines is 1. The van der Waals surface area contributed by atoms with Crippen LogP contribution in [0.5, 0.6) is 5.75 Å². The van der Waals surface area contributed by atoms with Gasteiger partial charge >= 0.3 is 0 Å². The molecule has 0 N–H and O–H groups in total. The average molecular weight is 578 g/mol. The van der Waals surface area contributed by atoms with Crippen LogP contribution in [0.25, 0.3) is 0 Å². The molecule has 1 aromatic heterocycles. The number of piperazine rings is 1. The van der Waals surface area contributed by atoms with Gasteiger partial charge in [-0.05, 0) is 35.7 Å². The monoisotopic (exact) mass is 577 g/mol. The van der Waals surface area contributed by atoms with E-state index in [0.29, 0.717) is 43.7 Å². The predicted molar refractivity (Wildman–Crippen MR) is 147 cm³/mol. The molecule has 1 amide bonds. The Bertz CT molecular complexity index is 1520. The van der Waals surface area contributed by atoms with Crippen LogP contribution in [-0.4, -0.2) is 71.7 Å². The molecule has 4 rings (SSSR count). The Kier molecular flexibility index (Phi) is 7.87. The molecule has 9 nitrogen and oxygen atoms in total. The second kappa shape index (κ2) is 10.7. The summed E-state index contributed by atoms with van der Waals surface area (Å²) < 4.78 is 56.2. The third-order valence-corrected chi connectivity index (χ3v) is 10.3. The number of ether oxygens (including phenoxy) is 1. The topological polar surface area (TPSA) is 114 Å². The molecule has 0 spiro atoms. The van der Waals surface area contributed by atoms with Crippen molar-refractivity contribution in [2.75, 3.05) is 43.9 Å². The quantitative estimate of drug-likeness (QED) is 0.417.